The van der Waals surface area contributed by atoms with E-state index in [0.29, 0.717) is 12.1 Å². The van der Waals surface area contributed by atoms with Gasteiger partial charge in [-0.2, -0.15) is 0 Å². The molecule has 2 aliphatic heterocycles. The fourth-order valence-electron chi connectivity index (χ4n) is 3.81. The second-order valence-electron chi connectivity index (χ2n) is 7.42. The first-order chi connectivity index (χ1) is 14.0. The minimum absolute atomic E-state index is 0.00996. The minimum Gasteiger partial charge on any atom is -0.329 e. The molecule has 2 aromatic carbocycles. The van der Waals surface area contributed by atoms with Crippen LogP contribution >= 0.6 is 11.8 Å². The molecule has 0 N–H and O–H groups in total. The molecule has 6 nitrogen and oxygen atoms in total. The number of hydrogen-bond acceptors (Lipinski definition) is 5. The van der Waals surface area contributed by atoms with E-state index in [0.717, 1.165) is 36.0 Å². The minimum atomic E-state index is -0.227. The van der Waals surface area contributed by atoms with Crippen LogP contribution in [0.15, 0.2) is 54.6 Å². The molecule has 0 aromatic heterocycles. The third-order valence-corrected chi connectivity index (χ3v) is 6.24. The summed E-state index contributed by atoms with van der Waals surface area (Å²) in [5.74, 6) is -0.0143. The average molecular weight is 410 g/mol. The SMILES string of the molecule is CN1CCN(C(=O)c2cccc(CN3C(=O)CSC3=O)c2)[C@H](c2ccccc2)C1. The largest absolute Gasteiger partial charge is 0.329 e. The van der Waals surface area contributed by atoms with Gasteiger partial charge in [0.05, 0.1) is 18.3 Å². The maximum Gasteiger partial charge on any atom is 0.289 e. The molecule has 0 bridgehead atoms. The predicted octanol–water partition coefficient (Wildman–Crippen LogP) is 3.01. The van der Waals surface area contributed by atoms with Gasteiger partial charge < -0.3 is 9.80 Å². The van der Waals surface area contributed by atoms with E-state index in [-0.39, 0.29) is 35.4 Å². The van der Waals surface area contributed by atoms with E-state index in [1.165, 1.54) is 4.90 Å². The normalized spacial score (nSPS) is 20.4. The average Bonchev–Trinajstić information content (AvgIpc) is 3.06. The Morgan fingerprint density at radius 1 is 1.07 bits per heavy atom. The molecule has 0 radical (unpaired) electrons. The van der Waals surface area contributed by atoms with E-state index < -0.39 is 0 Å². The second kappa shape index (κ2) is 8.39. The number of likely N-dealkylation sites (N-methyl/N-ethyl adjacent to an activating group) is 1. The molecule has 2 aromatic rings. The van der Waals surface area contributed by atoms with Gasteiger partial charge in [-0.15, -0.1) is 0 Å². The van der Waals surface area contributed by atoms with Crippen LogP contribution in [-0.2, 0) is 11.3 Å². The Kier molecular flexibility index (Phi) is 5.69. The number of amides is 3. The molecule has 0 unspecified atom stereocenters. The maximum absolute atomic E-state index is 13.4. The molecule has 3 amide bonds. The quantitative estimate of drug-likeness (QED) is 0.777. The highest BCUT2D eigenvalue weighted by molar-refractivity contribution is 8.14. The van der Waals surface area contributed by atoms with E-state index in [1.807, 2.05) is 35.2 Å². The maximum atomic E-state index is 13.4. The number of piperazine rings is 1. The molecule has 1 atom stereocenters. The number of nitrogens with zero attached hydrogens (tertiary/aromatic N) is 3. The number of benzene rings is 2. The van der Waals surface area contributed by atoms with Gasteiger partial charge in [-0.05, 0) is 30.3 Å². The summed E-state index contributed by atoms with van der Waals surface area (Å²) in [4.78, 5) is 42.5. The van der Waals surface area contributed by atoms with Crippen LogP contribution in [0.2, 0.25) is 0 Å². The molecule has 0 saturated carbocycles. The standard InChI is InChI=1S/C22H23N3O3S/c1-23-10-11-24(19(14-23)17-7-3-2-4-8-17)21(27)18-9-5-6-16(12-18)13-25-20(26)15-29-22(25)28/h2-9,12,19H,10-11,13-15H2,1H3/t19-/m0/s1. The molecule has 0 spiro atoms. The number of imide groups is 1. The van der Waals surface area contributed by atoms with Crippen molar-refractivity contribution in [2.45, 2.75) is 12.6 Å². The lowest BCUT2D eigenvalue weighted by Crippen LogP contribution is -2.49. The van der Waals surface area contributed by atoms with Crippen LogP contribution in [0, 0.1) is 0 Å². The zero-order chi connectivity index (χ0) is 20.4. The first kappa shape index (κ1) is 19.7. The summed E-state index contributed by atoms with van der Waals surface area (Å²) in [6, 6.07) is 17.3. The van der Waals surface area contributed by atoms with Gasteiger partial charge in [0.1, 0.15) is 0 Å². The summed E-state index contributed by atoms with van der Waals surface area (Å²) in [5, 5.41) is -0.227. The van der Waals surface area contributed by atoms with E-state index in [4.69, 9.17) is 0 Å². The molecule has 150 valence electrons. The van der Waals surface area contributed by atoms with Crippen LogP contribution in [-0.4, -0.2) is 64.2 Å². The fourth-order valence-corrected chi connectivity index (χ4v) is 4.53. The lowest BCUT2D eigenvalue weighted by atomic mass is 10.0. The Labute approximate surface area is 174 Å². The van der Waals surface area contributed by atoms with Gasteiger partial charge in [0.25, 0.3) is 11.1 Å². The van der Waals surface area contributed by atoms with Crippen LogP contribution in [0.3, 0.4) is 0 Å². The van der Waals surface area contributed by atoms with Crippen LogP contribution in [0.4, 0.5) is 4.79 Å². The highest BCUT2D eigenvalue weighted by atomic mass is 32.2. The number of rotatable bonds is 4. The number of carbonyl (C=O) groups excluding carboxylic acids is 3. The molecule has 4 rings (SSSR count). The van der Waals surface area contributed by atoms with E-state index >= 15 is 0 Å². The third-order valence-electron chi connectivity index (χ3n) is 5.38. The molecule has 7 heteroatoms. The zero-order valence-electron chi connectivity index (χ0n) is 16.3. The Morgan fingerprint density at radius 2 is 1.86 bits per heavy atom. The van der Waals surface area contributed by atoms with Crippen molar-refractivity contribution < 1.29 is 14.4 Å². The molecule has 2 fully saturated rings. The summed E-state index contributed by atoms with van der Waals surface area (Å²) >= 11 is 1.02. The molecule has 2 heterocycles. The van der Waals surface area contributed by atoms with E-state index in [2.05, 4.69) is 24.1 Å². The number of hydrogen-bond donors (Lipinski definition) is 0. The van der Waals surface area contributed by atoms with Gasteiger partial charge in [-0.1, -0.05) is 54.2 Å². The lowest BCUT2D eigenvalue weighted by Gasteiger charge is -2.40. The van der Waals surface area contributed by atoms with Gasteiger partial charge in [0, 0.05) is 25.2 Å². The Bertz CT molecular complexity index is 918. The van der Waals surface area contributed by atoms with Crippen molar-refractivity contribution in [1.29, 1.82) is 0 Å². The molecule has 0 aliphatic carbocycles. The third kappa shape index (κ3) is 4.21. The van der Waals surface area contributed by atoms with Crippen molar-refractivity contribution >= 4 is 28.8 Å². The first-order valence-corrected chi connectivity index (χ1v) is 10.6. The highest BCUT2D eigenvalue weighted by Gasteiger charge is 2.32. The van der Waals surface area contributed by atoms with E-state index in [1.54, 1.807) is 12.1 Å². The van der Waals surface area contributed by atoms with Gasteiger partial charge >= 0.3 is 0 Å². The fraction of sp³-hybridized carbons (Fsp3) is 0.318. The summed E-state index contributed by atoms with van der Waals surface area (Å²) < 4.78 is 0. The Morgan fingerprint density at radius 3 is 2.59 bits per heavy atom. The lowest BCUT2D eigenvalue weighted by molar-refractivity contribution is -0.125. The molecule has 2 saturated heterocycles. The first-order valence-electron chi connectivity index (χ1n) is 9.63. The van der Waals surface area contributed by atoms with Gasteiger partial charge in [0.15, 0.2) is 0 Å². The van der Waals surface area contributed by atoms with Crippen LogP contribution in [0.1, 0.15) is 27.5 Å². The molecule has 29 heavy (non-hydrogen) atoms. The van der Waals surface area contributed by atoms with E-state index in [9.17, 15) is 14.4 Å². The van der Waals surface area contributed by atoms with Crippen molar-refractivity contribution in [3.63, 3.8) is 0 Å². The van der Waals surface area contributed by atoms with Gasteiger partial charge in [-0.3, -0.25) is 19.3 Å². The summed E-state index contributed by atoms with van der Waals surface area (Å²) in [6.45, 7) is 2.46. The number of thioether (sulfide) groups is 1. The van der Waals surface area contributed by atoms with Crippen molar-refractivity contribution in [3.05, 3.63) is 71.3 Å². The van der Waals surface area contributed by atoms with Crippen LogP contribution < -0.4 is 0 Å². The highest BCUT2D eigenvalue weighted by Crippen LogP contribution is 2.27. The Balaban J connectivity index is 1.56. The zero-order valence-corrected chi connectivity index (χ0v) is 17.1. The van der Waals surface area contributed by atoms with Crippen LogP contribution in [0.25, 0.3) is 0 Å². The monoisotopic (exact) mass is 409 g/mol. The molecular formula is C22H23N3O3S. The Hall–Kier alpha value is -2.64. The summed E-state index contributed by atoms with van der Waals surface area (Å²) in [6.07, 6.45) is 0. The van der Waals surface area contributed by atoms with Crippen molar-refractivity contribution in [1.82, 2.24) is 14.7 Å². The predicted molar refractivity (Wildman–Crippen MR) is 113 cm³/mol. The van der Waals surface area contributed by atoms with Gasteiger partial charge in [0.2, 0.25) is 5.91 Å². The second-order valence-corrected chi connectivity index (χ2v) is 8.35. The van der Waals surface area contributed by atoms with Crippen molar-refractivity contribution in [3.8, 4) is 0 Å². The smallest absolute Gasteiger partial charge is 0.289 e. The van der Waals surface area contributed by atoms with Crippen molar-refractivity contribution in [2.75, 3.05) is 32.4 Å². The van der Waals surface area contributed by atoms with Crippen molar-refractivity contribution in [2.24, 2.45) is 0 Å². The summed E-state index contributed by atoms with van der Waals surface area (Å²) in [7, 11) is 2.07. The number of carbonyl (C=O) groups is 3. The molecule has 2 aliphatic rings. The molecular weight excluding hydrogens is 386 g/mol. The van der Waals surface area contributed by atoms with Crippen LogP contribution in [0.5, 0.6) is 0 Å². The van der Waals surface area contributed by atoms with Gasteiger partial charge in [-0.25, -0.2) is 0 Å². The summed E-state index contributed by atoms with van der Waals surface area (Å²) in [5.41, 5.74) is 2.49. The topological polar surface area (TPSA) is 60.9 Å².